The van der Waals surface area contributed by atoms with Gasteiger partial charge in [0.1, 0.15) is 11.9 Å². The molecule has 0 unspecified atom stereocenters. The molecule has 5 nitrogen and oxygen atoms in total. The van der Waals surface area contributed by atoms with Gasteiger partial charge in [0, 0.05) is 11.6 Å². The number of nitrogens with zero attached hydrogens (tertiary/aromatic N) is 4. The number of halogens is 1. The third kappa shape index (κ3) is 2.51. The van der Waals surface area contributed by atoms with Crippen LogP contribution in [0.2, 0.25) is 0 Å². The Morgan fingerprint density at radius 3 is 2.62 bits per heavy atom. The molecule has 0 fully saturated rings. The van der Waals surface area contributed by atoms with Gasteiger partial charge >= 0.3 is 0 Å². The van der Waals surface area contributed by atoms with Gasteiger partial charge in [0.25, 0.3) is 0 Å². The fraction of sp³-hybridized carbons (Fsp3) is 0.167. The monoisotopic (exact) mass is 379 g/mol. The van der Waals surface area contributed by atoms with Crippen molar-refractivity contribution >= 4 is 33.0 Å². The van der Waals surface area contributed by atoms with E-state index in [1.54, 1.807) is 10.7 Å². The van der Waals surface area contributed by atoms with Gasteiger partial charge in [-0.2, -0.15) is 10.4 Å². The predicted octanol–water partition coefficient (Wildman–Crippen LogP) is 5.01. The zero-order valence-electron chi connectivity index (χ0n) is 13.2. The van der Waals surface area contributed by atoms with Crippen molar-refractivity contribution in [2.75, 3.05) is 5.32 Å². The summed E-state index contributed by atoms with van der Waals surface area (Å²) in [7, 11) is 0. The quantitative estimate of drug-likeness (QED) is 0.650. The molecule has 0 amide bonds. The Labute approximate surface area is 148 Å². The maximum Gasteiger partial charge on any atom is 0.237 e. The molecule has 0 atom stereocenters. The number of hydrogen-bond donors (Lipinski definition) is 1. The summed E-state index contributed by atoms with van der Waals surface area (Å²) in [5.41, 5.74) is 2.96. The molecule has 3 aromatic rings. The SMILES string of the molecule is [C-]#[N+]c1c(-c2ccccc2)c(C#N)c2c(Br)cnn2c1NC(C)C. The van der Waals surface area contributed by atoms with Crippen LogP contribution in [0.15, 0.2) is 41.0 Å². The summed E-state index contributed by atoms with van der Waals surface area (Å²) in [5, 5.41) is 17.4. The van der Waals surface area contributed by atoms with Gasteiger partial charge in [0.05, 0.1) is 28.3 Å². The maximum atomic E-state index is 9.78. The summed E-state index contributed by atoms with van der Waals surface area (Å²) >= 11 is 3.47. The Morgan fingerprint density at radius 2 is 2.04 bits per heavy atom. The number of nitriles is 1. The fourth-order valence-electron chi connectivity index (χ4n) is 2.69. The molecule has 0 radical (unpaired) electrons. The molecule has 0 bridgehead atoms. The van der Waals surface area contributed by atoms with E-state index in [2.05, 4.69) is 37.3 Å². The molecular weight excluding hydrogens is 366 g/mol. The number of fused-ring (bicyclic) bond motifs is 1. The standard InChI is InChI=1S/C18H14BrN5/c1-11(2)23-18-16(21-3)15(12-7-5-4-6-8-12)13(9-20)17-14(19)10-22-24(17)18/h4-8,10-11,23H,1-2H3. The van der Waals surface area contributed by atoms with Gasteiger partial charge in [0.2, 0.25) is 5.69 Å². The highest BCUT2D eigenvalue weighted by atomic mass is 79.9. The minimum atomic E-state index is 0.119. The average Bonchev–Trinajstić information content (AvgIpc) is 2.96. The first-order valence-electron chi connectivity index (χ1n) is 7.41. The second kappa shape index (κ2) is 6.35. The van der Waals surface area contributed by atoms with Gasteiger partial charge in [-0.05, 0) is 35.3 Å². The van der Waals surface area contributed by atoms with Crippen molar-refractivity contribution in [2.45, 2.75) is 19.9 Å². The molecule has 118 valence electrons. The first kappa shape index (κ1) is 16.0. The fourth-order valence-corrected chi connectivity index (χ4v) is 3.14. The van der Waals surface area contributed by atoms with Crippen LogP contribution >= 0.6 is 15.9 Å². The highest BCUT2D eigenvalue weighted by molar-refractivity contribution is 9.10. The first-order chi connectivity index (χ1) is 11.6. The van der Waals surface area contributed by atoms with Crippen molar-refractivity contribution < 1.29 is 0 Å². The lowest BCUT2D eigenvalue weighted by molar-refractivity contribution is 0.859. The summed E-state index contributed by atoms with van der Waals surface area (Å²) in [6, 6.07) is 11.9. The molecule has 1 aromatic carbocycles. The third-order valence-corrected chi connectivity index (χ3v) is 4.18. The Kier molecular flexibility index (Phi) is 4.24. The second-order valence-corrected chi connectivity index (χ2v) is 6.44. The number of pyridine rings is 1. The maximum absolute atomic E-state index is 9.78. The van der Waals surface area contributed by atoms with Crippen LogP contribution in [0.4, 0.5) is 11.5 Å². The molecule has 2 heterocycles. The van der Waals surface area contributed by atoms with Crippen molar-refractivity contribution in [3.05, 3.63) is 58.0 Å². The van der Waals surface area contributed by atoms with E-state index >= 15 is 0 Å². The molecule has 3 rings (SSSR count). The van der Waals surface area contributed by atoms with Crippen molar-refractivity contribution in [1.29, 1.82) is 5.26 Å². The van der Waals surface area contributed by atoms with Crippen molar-refractivity contribution in [3.8, 4) is 17.2 Å². The number of aromatic nitrogens is 2. The molecule has 0 saturated heterocycles. The van der Waals surface area contributed by atoms with Crippen molar-refractivity contribution in [3.63, 3.8) is 0 Å². The Balaban J connectivity index is 2.52. The lowest BCUT2D eigenvalue weighted by Crippen LogP contribution is -2.14. The van der Waals surface area contributed by atoms with E-state index in [4.69, 9.17) is 6.57 Å². The van der Waals surface area contributed by atoms with Crippen LogP contribution in [0.1, 0.15) is 19.4 Å². The molecule has 2 aromatic heterocycles. The summed E-state index contributed by atoms with van der Waals surface area (Å²) < 4.78 is 2.35. The minimum absolute atomic E-state index is 0.119. The Bertz CT molecular complexity index is 990. The molecule has 1 N–H and O–H groups in total. The molecular formula is C18H14BrN5. The van der Waals surface area contributed by atoms with Gasteiger partial charge in [-0.25, -0.2) is 9.36 Å². The van der Waals surface area contributed by atoms with Crippen molar-refractivity contribution in [1.82, 2.24) is 9.61 Å². The van der Waals surface area contributed by atoms with Crippen LogP contribution in [0.5, 0.6) is 0 Å². The van der Waals surface area contributed by atoms with Gasteiger partial charge in [0.15, 0.2) is 0 Å². The van der Waals surface area contributed by atoms with Crippen LogP contribution in [0.3, 0.4) is 0 Å². The molecule has 0 aliphatic heterocycles. The van der Waals surface area contributed by atoms with Gasteiger partial charge in [-0.15, -0.1) is 0 Å². The number of hydrogen-bond acceptors (Lipinski definition) is 3. The van der Waals surface area contributed by atoms with E-state index in [1.807, 2.05) is 44.2 Å². The topological polar surface area (TPSA) is 57.5 Å². The first-order valence-corrected chi connectivity index (χ1v) is 8.20. The van der Waals surface area contributed by atoms with Crippen molar-refractivity contribution in [2.24, 2.45) is 0 Å². The zero-order valence-corrected chi connectivity index (χ0v) is 14.8. The number of benzene rings is 1. The van der Waals surface area contributed by atoms with Crippen LogP contribution in [0.25, 0.3) is 21.5 Å². The van der Waals surface area contributed by atoms with Gasteiger partial charge < -0.3 is 5.32 Å². The summed E-state index contributed by atoms with van der Waals surface area (Å²) in [6.45, 7) is 11.7. The third-order valence-electron chi connectivity index (χ3n) is 3.60. The highest BCUT2D eigenvalue weighted by Gasteiger charge is 2.23. The van der Waals surface area contributed by atoms with Crippen LogP contribution < -0.4 is 5.32 Å². The number of nitrogens with one attached hydrogen (secondary N) is 1. The molecule has 0 aliphatic carbocycles. The molecule has 24 heavy (non-hydrogen) atoms. The lowest BCUT2D eigenvalue weighted by Gasteiger charge is -2.18. The van der Waals surface area contributed by atoms with E-state index < -0.39 is 0 Å². The smallest absolute Gasteiger partial charge is 0.237 e. The molecule has 0 saturated carbocycles. The normalized spacial score (nSPS) is 10.6. The largest absolute Gasteiger partial charge is 0.376 e. The average molecular weight is 380 g/mol. The molecule has 0 spiro atoms. The van der Waals surface area contributed by atoms with E-state index in [9.17, 15) is 5.26 Å². The highest BCUT2D eigenvalue weighted by Crippen LogP contribution is 2.43. The van der Waals surface area contributed by atoms with E-state index in [0.717, 1.165) is 10.0 Å². The number of rotatable bonds is 3. The molecule has 0 aliphatic rings. The summed E-state index contributed by atoms with van der Waals surface area (Å²) in [6.07, 6.45) is 1.64. The zero-order chi connectivity index (χ0) is 17.3. The summed E-state index contributed by atoms with van der Waals surface area (Å²) in [5.74, 6) is 0.596. The van der Waals surface area contributed by atoms with Gasteiger partial charge in [-0.3, -0.25) is 0 Å². The van der Waals surface area contributed by atoms with E-state index in [0.29, 0.717) is 28.1 Å². The lowest BCUT2D eigenvalue weighted by atomic mass is 9.98. The molecule has 6 heteroatoms. The van der Waals surface area contributed by atoms with Crippen LogP contribution in [0, 0.1) is 17.9 Å². The Hall–Kier alpha value is -2.83. The Morgan fingerprint density at radius 1 is 1.33 bits per heavy atom. The van der Waals surface area contributed by atoms with Gasteiger partial charge in [-0.1, -0.05) is 30.3 Å². The minimum Gasteiger partial charge on any atom is -0.376 e. The van der Waals surface area contributed by atoms with E-state index in [1.165, 1.54) is 0 Å². The van der Waals surface area contributed by atoms with Crippen LogP contribution in [-0.2, 0) is 0 Å². The van der Waals surface area contributed by atoms with E-state index in [-0.39, 0.29) is 6.04 Å². The van der Waals surface area contributed by atoms with Crippen LogP contribution in [-0.4, -0.2) is 15.7 Å². The summed E-state index contributed by atoms with van der Waals surface area (Å²) in [4.78, 5) is 3.73. The number of anilines is 1. The second-order valence-electron chi connectivity index (χ2n) is 5.59. The predicted molar refractivity (Wildman–Crippen MR) is 98.1 cm³/mol.